The van der Waals surface area contributed by atoms with Crippen LogP contribution in [0.4, 0.5) is 8.78 Å². The zero-order chi connectivity index (χ0) is 19.6. The molecule has 144 valence electrons. The lowest BCUT2D eigenvalue weighted by Crippen LogP contribution is -2.27. The number of fused-ring (bicyclic) bond motifs is 1. The Morgan fingerprint density at radius 3 is 2.56 bits per heavy atom. The number of benzene rings is 1. The molecule has 0 amide bonds. The molecule has 4 heteroatoms. The van der Waals surface area contributed by atoms with E-state index in [1.165, 1.54) is 6.07 Å². The summed E-state index contributed by atoms with van der Waals surface area (Å²) in [6, 6.07) is 1.46. The van der Waals surface area contributed by atoms with Gasteiger partial charge >= 0.3 is 0 Å². The lowest BCUT2D eigenvalue weighted by molar-refractivity contribution is 0.429. The summed E-state index contributed by atoms with van der Waals surface area (Å²) in [4.78, 5) is 3.26. The van der Waals surface area contributed by atoms with Crippen LogP contribution in [0.5, 0.6) is 0 Å². The van der Waals surface area contributed by atoms with Gasteiger partial charge in [-0.25, -0.2) is 8.78 Å². The first-order chi connectivity index (χ1) is 13.0. The van der Waals surface area contributed by atoms with Gasteiger partial charge in [0.25, 0.3) is 0 Å². The number of aromatic nitrogens is 1. The van der Waals surface area contributed by atoms with Gasteiger partial charge in [-0.05, 0) is 69.3 Å². The van der Waals surface area contributed by atoms with E-state index >= 15 is 4.39 Å². The fourth-order valence-corrected chi connectivity index (χ4v) is 4.09. The quantitative estimate of drug-likeness (QED) is 0.620. The molecule has 2 N–H and O–H groups in total. The van der Waals surface area contributed by atoms with Gasteiger partial charge in [0.1, 0.15) is 11.6 Å². The van der Waals surface area contributed by atoms with E-state index in [-0.39, 0.29) is 11.5 Å². The van der Waals surface area contributed by atoms with Crippen LogP contribution in [-0.2, 0) is 6.42 Å². The second-order valence-corrected chi connectivity index (χ2v) is 7.44. The smallest absolute Gasteiger partial charge is 0.139 e. The van der Waals surface area contributed by atoms with Gasteiger partial charge in [-0.3, -0.25) is 0 Å². The van der Waals surface area contributed by atoms with Crippen molar-refractivity contribution in [3.8, 4) is 0 Å². The van der Waals surface area contributed by atoms with Crippen molar-refractivity contribution in [3.05, 3.63) is 64.9 Å². The van der Waals surface area contributed by atoms with Gasteiger partial charge in [0.2, 0.25) is 0 Å². The molecule has 0 unspecified atom stereocenters. The predicted octanol–water partition coefficient (Wildman–Crippen LogP) is 6.01. The van der Waals surface area contributed by atoms with Gasteiger partial charge in [-0.2, -0.15) is 0 Å². The van der Waals surface area contributed by atoms with Crippen LogP contribution < -0.4 is 5.32 Å². The maximum Gasteiger partial charge on any atom is 0.139 e. The first-order valence-corrected chi connectivity index (χ1v) is 9.69. The van der Waals surface area contributed by atoms with Gasteiger partial charge in [-0.15, -0.1) is 0 Å². The second kappa shape index (κ2) is 8.22. The second-order valence-electron chi connectivity index (χ2n) is 7.44. The topological polar surface area (TPSA) is 27.8 Å². The number of H-pyrrole nitrogens is 1. The third kappa shape index (κ3) is 3.77. The van der Waals surface area contributed by atoms with Gasteiger partial charge in [0, 0.05) is 16.6 Å². The van der Waals surface area contributed by atoms with Crippen LogP contribution in [0.1, 0.15) is 56.4 Å². The zero-order valence-corrected chi connectivity index (χ0v) is 16.4. The van der Waals surface area contributed by atoms with Crippen molar-refractivity contribution in [1.29, 1.82) is 0 Å². The zero-order valence-electron chi connectivity index (χ0n) is 16.4. The van der Waals surface area contributed by atoms with E-state index in [2.05, 4.69) is 16.9 Å². The van der Waals surface area contributed by atoms with E-state index < -0.39 is 11.6 Å². The minimum atomic E-state index is -0.446. The number of piperidine rings is 1. The van der Waals surface area contributed by atoms with Gasteiger partial charge in [0.05, 0.1) is 5.52 Å². The maximum absolute atomic E-state index is 15.6. The monoisotopic (exact) mass is 370 g/mol. The number of hydrogen-bond donors (Lipinski definition) is 2. The minimum Gasteiger partial charge on any atom is -0.354 e. The SMILES string of the molecule is C=C/C=C(\C=C(C)C)c1[nH]c2cc(F)c(C3CCNCC3)c(F)c2c1CC. The molecule has 0 saturated carbocycles. The fourth-order valence-electron chi connectivity index (χ4n) is 4.09. The third-order valence-electron chi connectivity index (χ3n) is 5.25. The van der Waals surface area contributed by atoms with E-state index in [9.17, 15) is 4.39 Å². The van der Waals surface area contributed by atoms with Crippen molar-refractivity contribution in [1.82, 2.24) is 10.3 Å². The van der Waals surface area contributed by atoms with Crippen LogP contribution in [0.2, 0.25) is 0 Å². The average molecular weight is 370 g/mol. The molecule has 0 spiro atoms. The highest BCUT2D eigenvalue weighted by Crippen LogP contribution is 2.38. The Hall–Kier alpha value is -2.20. The van der Waals surface area contributed by atoms with E-state index in [1.807, 2.05) is 32.9 Å². The Kier molecular flexibility index (Phi) is 5.95. The molecule has 27 heavy (non-hydrogen) atoms. The Bertz CT molecular complexity index is 908. The summed E-state index contributed by atoms with van der Waals surface area (Å²) < 4.78 is 30.4. The van der Waals surface area contributed by atoms with Gasteiger partial charge in [-0.1, -0.05) is 37.3 Å². The van der Waals surface area contributed by atoms with Crippen molar-refractivity contribution in [3.63, 3.8) is 0 Å². The summed E-state index contributed by atoms with van der Waals surface area (Å²) in [6.07, 6.45) is 7.84. The number of rotatable bonds is 5. The van der Waals surface area contributed by atoms with Crippen molar-refractivity contribution in [2.24, 2.45) is 0 Å². The lowest BCUT2D eigenvalue weighted by Gasteiger charge is -2.24. The molecule has 3 rings (SSSR count). The van der Waals surface area contributed by atoms with Crippen molar-refractivity contribution in [2.45, 2.75) is 46.0 Å². The number of aryl methyl sites for hydroxylation is 1. The van der Waals surface area contributed by atoms with Crippen LogP contribution in [0, 0.1) is 11.6 Å². The van der Waals surface area contributed by atoms with Crippen molar-refractivity contribution < 1.29 is 8.78 Å². The Morgan fingerprint density at radius 2 is 1.96 bits per heavy atom. The summed E-state index contributed by atoms with van der Waals surface area (Å²) in [6.45, 7) is 11.4. The van der Waals surface area contributed by atoms with Gasteiger partial charge < -0.3 is 10.3 Å². The Balaban J connectivity index is 2.25. The van der Waals surface area contributed by atoms with Crippen LogP contribution in [0.15, 0.2) is 36.4 Å². The minimum absolute atomic E-state index is 0.0697. The first-order valence-electron chi connectivity index (χ1n) is 9.69. The van der Waals surface area contributed by atoms with Crippen LogP contribution in [0.3, 0.4) is 0 Å². The number of hydrogen-bond acceptors (Lipinski definition) is 1. The molecule has 1 aliphatic rings. The van der Waals surface area contributed by atoms with Crippen molar-refractivity contribution >= 4 is 16.5 Å². The molecule has 1 fully saturated rings. The number of halogens is 2. The molecule has 1 aromatic heterocycles. The summed E-state index contributed by atoms with van der Waals surface area (Å²) in [5.41, 5.74) is 4.57. The summed E-state index contributed by atoms with van der Waals surface area (Å²) >= 11 is 0. The van der Waals surface area contributed by atoms with Crippen LogP contribution in [0.25, 0.3) is 16.5 Å². The molecule has 1 aliphatic heterocycles. The molecular weight excluding hydrogens is 342 g/mol. The molecule has 2 heterocycles. The molecular formula is C23H28F2N2. The van der Waals surface area contributed by atoms with E-state index in [1.54, 1.807) is 6.08 Å². The molecule has 2 aromatic rings. The highest BCUT2D eigenvalue weighted by Gasteiger charge is 2.27. The van der Waals surface area contributed by atoms with Crippen LogP contribution in [-0.4, -0.2) is 18.1 Å². The maximum atomic E-state index is 15.6. The number of nitrogens with one attached hydrogen (secondary N) is 2. The summed E-state index contributed by atoms with van der Waals surface area (Å²) in [7, 11) is 0. The largest absolute Gasteiger partial charge is 0.354 e. The van der Waals surface area contributed by atoms with Gasteiger partial charge in [0.15, 0.2) is 0 Å². The summed E-state index contributed by atoms with van der Waals surface area (Å²) in [5, 5.41) is 3.79. The average Bonchev–Trinajstić information content (AvgIpc) is 3.00. The molecule has 0 aliphatic carbocycles. The molecule has 0 radical (unpaired) electrons. The predicted molar refractivity (Wildman–Crippen MR) is 110 cm³/mol. The van der Waals surface area contributed by atoms with Crippen molar-refractivity contribution in [2.75, 3.05) is 13.1 Å². The standard InChI is InChI=1S/C23H28F2N2/c1-5-7-16(12-14(3)4)23-17(6-2)21-19(27-23)13-18(24)20(22(21)25)15-8-10-26-11-9-15/h5,7,12-13,15,26-27H,1,6,8-11H2,2-4H3/b16-7+. The van der Waals surface area contributed by atoms with E-state index in [0.717, 1.165) is 48.3 Å². The molecule has 0 bridgehead atoms. The fraction of sp³-hybridized carbons (Fsp3) is 0.391. The molecule has 1 saturated heterocycles. The van der Waals surface area contributed by atoms with Crippen LogP contribution >= 0.6 is 0 Å². The Morgan fingerprint density at radius 1 is 1.26 bits per heavy atom. The molecule has 0 atom stereocenters. The lowest BCUT2D eigenvalue weighted by atomic mass is 9.88. The highest BCUT2D eigenvalue weighted by molar-refractivity contribution is 5.92. The number of allylic oxidation sites excluding steroid dienone is 5. The first kappa shape index (κ1) is 19.6. The normalized spacial score (nSPS) is 16.0. The van der Waals surface area contributed by atoms with E-state index in [4.69, 9.17) is 0 Å². The summed E-state index contributed by atoms with van der Waals surface area (Å²) in [5.74, 6) is -0.912. The molecule has 2 nitrogen and oxygen atoms in total. The molecule has 1 aromatic carbocycles. The number of aromatic amines is 1. The Labute approximate surface area is 160 Å². The third-order valence-corrected chi connectivity index (χ3v) is 5.25. The highest BCUT2D eigenvalue weighted by atomic mass is 19.1. The van der Waals surface area contributed by atoms with E-state index in [0.29, 0.717) is 17.3 Å².